The van der Waals surface area contributed by atoms with Gasteiger partial charge in [-0.25, -0.2) is 0 Å². The third-order valence-electron chi connectivity index (χ3n) is 3.83. The van der Waals surface area contributed by atoms with Gasteiger partial charge in [0.05, 0.1) is 18.9 Å². The predicted molar refractivity (Wildman–Crippen MR) is 85.5 cm³/mol. The van der Waals surface area contributed by atoms with Crippen molar-refractivity contribution in [3.63, 3.8) is 0 Å². The van der Waals surface area contributed by atoms with Crippen LogP contribution in [0.15, 0.2) is 24.3 Å². The average Bonchev–Trinajstić information content (AvgIpc) is 2.79. The Balaban J connectivity index is 0.00000161. The van der Waals surface area contributed by atoms with Crippen molar-refractivity contribution in [2.75, 3.05) is 6.54 Å². The number of fused-ring (bicyclic) bond motifs is 1. The fourth-order valence-electron chi connectivity index (χ4n) is 2.67. The summed E-state index contributed by atoms with van der Waals surface area (Å²) >= 11 is 0. The van der Waals surface area contributed by atoms with Crippen LogP contribution in [0, 0.1) is 6.92 Å². The third kappa shape index (κ3) is 3.64. The Bertz CT molecular complexity index is 592. The van der Waals surface area contributed by atoms with Crippen LogP contribution in [0.5, 0.6) is 0 Å². The largest absolute Gasteiger partial charge is 0.370 e. The van der Waals surface area contributed by atoms with Crippen LogP contribution >= 0.6 is 12.4 Å². The molecule has 5 heteroatoms. The van der Waals surface area contributed by atoms with E-state index in [0.717, 1.165) is 25.2 Å². The van der Waals surface area contributed by atoms with Gasteiger partial charge in [0.1, 0.15) is 0 Å². The molecule has 0 fully saturated rings. The second kappa shape index (κ2) is 7.07. The summed E-state index contributed by atoms with van der Waals surface area (Å²) in [6, 6.07) is 8.46. The van der Waals surface area contributed by atoms with Gasteiger partial charge < -0.3 is 10.1 Å². The van der Waals surface area contributed by atoms with Gasteiger partial charge in [-0.15, -0.1) is 12.4 Å². The number of ether oxygens (including phenoxy) is 1. The molecule has 0 aliphatic carbocycles. The number of hydrogen-bond acceptors (Lipinski definition) is 3. The highest BCUT2D eigenvalue weighted by Gasteiger charge is 2.18. The van der Waals surface area contributed by atoms with E-state index < -0.39 is 0 Å². The molecule has 0 atom stereocenters. The Kier molecular flexibility index (Phi) is 5.39. The number of benzene rings is 1. The van der Waals surface area contributed by atoms with Crippen molar-refractivity contribution in [2.24, 2.45) is 7.05 Å². The average molecular weight is 308 g/mol. The van der Waals surface area contributed by atoms with E-state index in [0.29, 0.717) is 13.2 Å². The van der Waals surface area contributed by atoms with Crippen LogP contribution in [0.3, 0.4) is 0 Å². The molecule has 1 aliphatic rings. The van der Waals surface area contributed by atoms with Crippen LogP contribution in [0.1, 0.15) is 28.1 Å². The molecule has 0 saturated heterocycles. The molecule has 3 rings (SSSR count). The number of nitrogens with one attached hydrogen (secondary N) is 1. The lowest BCUT2D eigenvalue weighted by Gasteiger charge is -2.14. The zero-order valence-corrected chi connectivity index (χ0v) is 13.4. The lowest BCUT2D eigenvalue weighted by molar-refractivity contribution is 0.103. The summed E-state index contributed by atoms with van der Waals surface area (Å²) in [6.07, 6.45) is 1.05. The summed E-state index contributed by atoms with van der Waals surface area (Å²) in [5.74, 6) is 0. The first-order chi connectivity index (χ1) is 9.74. The van der Waals surface area contributed by atoms with Gasteiger partial charge in [-0.05, 0) is 12.5 Å². The molecule has 1 aromatic heterocycles. The molecule has 0 spiro atoms. The Morgan fingerprint density at radius 1 is 1.24 bits per heavy atom. The third-order valence-corrected chi connectivity index (χ3v) is 3.83. The van der Waals surface area contributed by atoms with Crippen molar-refractivity contribution < 1.29 is 4.74 Å². The first kappa shape index (κ1) is 16.0. The normalized spacial score (nSPS) is 13.6. The topological polar surface area (TPSA) is 39.1 Å². The van der Waals surface area contributed by atoms with Crippen LogP contribution in [-0.2, 0) is 38.0 Å². The summed E-state index contributed by atoms with van der Waals surface area (Å²) in [7, 11) is 2.02. The van der Waals surface area contributed by atoms with E-state index in [4.69, 9.17) is 4.74 Å². The summed E-state index contributed by atoms with van der Waals surface area (Å²) < 4.78 is 7.82. The monoisotopic (exact) mass is 307 g/mol. The van der Waals surface area contributed by atoms with E-state index in [1.807, 2.05) is 11.7 Å². The molecule has 4 nitrogen and oxygen atoms in total. The summed E-state index contributed by atoms with van der Waals surface area (Å²) in [4.78, 5) is 0. The Labute approximate surface area is 131 Å². The number of aryl methyl sites for hydroxylation is 2. The first-order valence-electron chi connectivity index (χ1n) is 7.11. The van der Waals surface area contributed by atoms with Gasteiger partial charge in [-0.1, -0.05) is 29.8 Å². The maximum Gasteiger partial charge on any atom is 0.0929 e. The lowest BCUT2D eigenvalue weighted by atomic mass is 10.1. The predicted octanol–water partition coefficient (Wildman–Crippen LogP) is 2.51. The Morgan fingerprint density at radius 2 is 2.00 bits per heavy atom. The van der Waals surface area contributed by atoms with Gasteiger partial charge in [0, 0.05) is 37.8 Å². The van der Waals surface area contributed by atoms with E-state index in [1.54, 1.807) is 0 Å². The van der Waals surface area contributed by atoms with Crippen molar-refractivity contribution in [3.8, 4) is 0 Å². The van der Waals surface area contributed by atoms with Crippen molar-refractivity contribution in [1.82, 2.24) is 15.1 Å². The second-order valence-electron chi connectivity index (χ2n) is 5.40. The smallest absolute Gasteiger partial charge is 0.0929 e. The van der Waals surface area contributed by atoms with E-state index in [-0.39, 0.29) is 12.4 Å². The minimum absolute atomic E-state index is 0. The highest BCUT2D eigenvalue weighted by molar-refractivity contribution is 5.85. The molecular formula is C16H22ClN3O. The van der Waals surface area contributed by atoms with Crippen molar-refractivity contribution in [3.05, 3.63) is 52.3 Å². The molecule has 21 heavy (non-hydrogen) atoms. The number of nitrogens with zero attached hydrogens (tertiary/aromatic N) is 2. The SMILES string of the molecule is Cc1ccc(COCc2nn(C)c3c2CNCC3)cc1.Cl. The Hall–Kier alpha value is -1.36. The van der Waals surface area contributed by atoms with E-state index in [2.05, 4.69) is 41.6 Å². The van der Waals surface area contributed by atoms with Gasteiger partial charge in [0.15, 0.2) is 0 Å². The fourth-order valence-corrected chi connectivity index (χ4v) is 2.67. The van der Waals surface area contributed by atoms with Crippen LogP contribution in [0.25, 0.3) is 0 Å². The quantitative estimate of drug-likeness (QED) is 0.943. The van der Waals surface area contributed by atoms with Crippen LogP contribution in [0.2, 0.25) is 0 Å². The maximum atomic E-state index is 5.82. The fraction of sp³-hybridized carbons (Fsp3) is 0.438. The molecule has 0 bridgehead atoms. The molecule has 2 aromatic rings. The molecule has 0 amide bonds. The standard InChI is InChI=1S/C16H21N3O.ClH/c1-12-3-5-13(6-4-12)10-20-11-15-14-9-17-8-7-16(14)19(2)18-15;/h3-6,17H,7-11H2,1-2H3;1H. The van der Waals surface area contributed by atoms with Crippen molar-refractivity contribution in [2.45, 2.75) is 33.1 Å². The van der Waals surface area contributed by atoms with Crippen molar-refractivity contribution in [1.29, 1.82) is 0 Å². The molecule has 2 heterocycles. The van der Waals surface area contributed by atoms with E-state index >= 15 is 0 Å². The molecule has 0 unspecified atom stereocenters. The number of halogens is 1. The number of hydrogen-bond donors (Lipinski definition) is 1. The number of aromatic nitrogens is 2. The molecular weight excluding hydrogens is 286 g/mol. The first-order valence-corrected chi connectivity index (χ1v) is 7.11. The van der Waals surface area contributed by atoms with Crippen molar-refractivity contribution >= 4 is 12.4 Å². The van der Waals surface area contributed by atoms with Crippen LogP contribution < -0.4 is 5.32 Å². The van der Waals surface area contributed by atoms with Gasteiger partial charge >= 0.3 is 0 Å². The zero-order valence-electron chi connectivity index (χ0n) is 12.6. The zero-order chi connectivity index (χ0) is 13.9. The molecule has 1 N–H and O–H groups in total. The Morgan fingerprint density at radius 3 is 2.76 bits per heavy atom. The van der Waals surface area contributed by atoms with Gasteiger partial charge in [-0.2, -0.15) is 5.10 Å². The highest BCUT2D eigenvalue weighted by atomic mass is 35.5. The van der Waals surface area contributed by atoms with Gasteiger partial charge in [-0.3, -0.25) is 4.68 Å². The van der Waals surface area contributed by atoms with E-state index in [9.17, 15) is 0 Å². The maximum absolute atomic E-state index is 5.82. The highest BCUT2D eigenvalue weighted by Crippen LogP contribution is 2.18. The summed E-state index contributed by atoms with van der Waals surface area (Å²) in [5.41, 5.74) is 6.22. The molecule has 0 saturated carbocycles. The lowest BCUT2D eigenvalue weighted by Crippen LogP contribution is -2.24. The minimum Gasteiger partial charge on any atom is -0.370 e. The second-order valence-corrected chi connectivity index (χ2v) is 5.40. The van der Waals surface area contributed by atoms with Gasteiger partial charge in [0.25, 0.3) is 0 Å². The van der Waals surface area contributed by atoms with E-state index in [1.165, 1.54) is 22.4 Å². The minimum atomic E-state index is 0. The summed E-state index contributed by atoms with van der Waals surface area (Å²) in [6.45, 7) is 5.26. The number of rotatable bonds is 4. The van der Waals surface area contributed by atoms with Crippen LogP contribution in [0.4, 0.5) is 0 Å². The van der Waals surface area contributed by atoms with Crippen LogP contribution in [-0.4, -0.2) is 16.3 Å². The van der Waals surface area contributed by atoms with Gasteiger partial charge in [0.2, 0.25) is 0 Å². The molecule has 0 radical (unpaired) electrons. The molecule has 1 aliphatic heterocycles. The summed E-state index contributed by atoms with van der Waals surface area (Å²) in [5, 5.41) is 7.99. The molecule has 1 aromatic carbocycles. The molecule has 114 valence electrons.